The van der Waals surface area contributed by atoms with E-state index in [0.717, 1.165) is 13.0 Å². The molecule has 3 rings (SSSR count). The molecule has 1 N–H and O–H groups in total. The predicted molar refractivity (Wildman–Crippen MR) is 97.3 cm³/mol. The van der Waals surface area contributed by atoms with Gasteiger partial charge in [-0.3, -0.25) is 0 Å². The molecule has 0 heterocycles. The van der Waals surface area contributed by atoms with Crippen LogP contribution in [-0.2, 0) is 13.0 Å². The zero-order valence-corrected chi connectivity index (χ0v) is 13.6. The van der Waals surface area contributed by atoms with Crippen molar-refractivity contribution in [2.24, 2.45) is 0 Å². The first-order valence-electron chi connectivity index (χ1n) is 8.19. The zero-order valence-electron chi connectivity index (χ0n) is 13.6. The molecule has 3 aromatic rings. The van der Waals surface area contributed by atoms with E-state index in [1.165, 1.54) is 22.3 Å². The van der Waals surface area contributed by atoms with Crippen molar-refractivity contribution in [3.05, 3.63) is 107 Å². The van der Waals surface area contributed by atoms with E-state index in [1.807, 2.05) is 0 Å². The van der Waals surface area contributed by atoms with Crippen LogP contribution in [0.4, 0.5) is 0 Å². The second-order valence-corrected chi connectivity index (χ2v) is 6.02. The van der Waals surface area contributed by atoms with E-state index >= 15 is 0 Å². The Labute approximate surface area is 139 Å². The van der Waals surface area contributed by atoms with Crippen molar-refractivity contribution in [2.45, 2.75) is 25.9 Å². The maximum absolute atomic E-state index is 3.73. The fourth-order valence-electron chi connectivity index (χ4n) is 2.88. The van der Waals surface area contributed by atoms with Crippen LogP contribution >= 0.6 is 0 Å². The van der Waals surface area contributed by atoms with Crippen LogP contribution in [0.15, 0.2) is 84.9 Å². The van der Waals surface area contributed by atoms with Crippen LogP contribution in [0.1, 0.15) is 28.3 Å². The Hall–Kier alpha value is -2.38. The van der Waals surface area contributed by atoms with Crippen LogP contribution in [0, 0.1) is 6.92 Å². The lowest BCUT2D eigenvalue weighted by molar-refractivity contribution is 0.530. The van der Waals surface area contributed by atoms with Gasteiger partial charge in [-0.15, -0.1) is 0 Å². The molecule has 0 aliphatic heterocycles. The quantitative estimate of drug-likeness (QED) is 0.670. The molecule has 0 radical (unpaired) electrons. The highest BCUT2D eigenvalue weighted by Gasteiger charge is 2.12. The maximum Gasteiger partial charge on any atom is 0.0363 e. The standard InChI is InChI=1S/C22H23N/c1-18-9-8-14-21(15-18)22(16-19-10-4-2-5-11-19)23-17-20-12-6-3-7-13-20/h2-15,22-23H,16-17H2,1H3. The first kappa shape index (κ1) is 15.5. The molecule has 0 saturated heterocycles. The second kappa shape index (κ2) is 7.75. The smallest absolute Gasteiger partial charge is 0.0363 e. The summed E-state index contributed by atoms with van der Waals surface area (Å²) in [5, 5.41) is 3.73. The Morgan fingerprint density at radius 1 is 0.739 bits per heavy atom. The van der Waals surface area contributed by atoms with Crippen molar-refractivity contribution < 1.29 is 0 Å². The molecule has 1 atom stereocenters. The van der Waals surface area contributed by atoms with E-state index in [4.69, 9.17) is 0 Å². The lowest BCUT2D eigenvalue weighted by Crippen LogP contribution is -2.23. The topological polar surface area (TPSA) is 12.0 Å². The molecule has 0 spiro atoms. The third kappa shape index (κ3) is 4.54. The molecular weight excluding hydrogens is 278 g/mol. The fraction of sp³-hybridized carbons (Fsp3) is 0.182. The van der Waals surface area contributed by atoms with E-state index in [0.29, 0.717) is 6.04 Å². The predicted octanol–water partition coefficient (Wildman–Crippen LogP) is 5.07. The first-order chi connectivity index (χ1) is 11.3. The number of rotatable bonds is 6. The highest BCUT2D eigenvalue weighted by Crippen LogP contribution is 2.20. The number of nitrogens with one attached hydrogen (secondary N) is 1. The van der Waals surface area contributed by atoms with Crippen LogP contribution in [0.3, 0.4) is 0 Å². The van der Waals surface area contributed by atoms with Gasteiger partial charge in [0.05, 0.1) is 0 Å². The fourth-order valence-corrected chi connectivity index (χ4v) is 2.88. The summed E-state index contributed by atoms with van der Waals surface area (Å²) in [6.45, 7) is 3.03. The molecule has 1 unspecified atom stereocenters. The molecule has 0 aliphatic rings. The average molecular weight is 301 g/mol. The van der Waals surface area contributed by atoms with Gasteiger partial charge in [0.2, 0.25) is 0 Å². The van der Waals surface area contributed by atoms with Crippen molar-refractivity contribution in [2.75, 3.05) is 0 Å². The van der Waals surface area contributed by atoms with Gasteiger partial charge in [0, 0.05) is 12.6 Å². The van der Waals surface area contributed by atoms with Crippen LogP contribution in [-0.4, -0.2) is 0 Å². The maximum atomic E-state index is 3.73. The molecule has 0 fully saturated rings. The molecule has 0 aromatic heterocycles. The molecular formula is C22H23N. The summed E-state index contributed by atoms with van der Waals surface area (Å²) in [7, 11) is 0. The second-order valence-electron chi connectivity index (χ2n) is 6.02. The molecule has 0 bridgehead atoms. The summed E-state index contributed by atoms with van der Waals surface area (Å²) in [4.78, 5) is 0. The van der Waals surface area contributed by atoms with Crippen molar-refractivity contribution in [3.8, 4) is 0 Å². The summed E-state index contributed by atoms with van der Waals surface area (Å²) in [6, 6.07) is 30.4. The first-order valence-corrected chi connectivity index (χ1v) is 8.19. The summed E-state index contributed by atoms with van der Waals surface area (Å²) >= 11 is 0. The molecule has 0 aliphatic carbocycles. The number of hydrogen-bond acceptors (Lipinski definition) is 1. The Balaban J connectivity index is 1.78. The van der Waals surface area contributed by atoms with Crippen molar-refractivity contribution in [1.29, 1.82) is 0 Å². The van der Waals surface area contributed by atoms with Crippen molar-refractivity contribution >= 4 is 0 Å². The molecule has 0 saturated carbocycles. The van der Waals surface area contributed by atoms with E-state index < -0.39 is 0 Å². The Bertz CT molecular complexity index is 719. The minimum atomic E-state index is 0.317. The Morgan fingerprint density at radius 3 is 2.04 bits per heavy atom. The van der Waals surface area contributed by atoms with Crippen LogP contribution in [0.2, 0.25) is 0 Å². The third-order valence-electron chi connectivity index (χ3n) is 4.12. The monoisotopic (exact) mass is 301 g/mol. The van der Waals surface area contributed by atoms with Crippen molar-refractivity contribution in [3.63, 3.8) is 0 Å². The lowest BCUT2D eigenvalue weighted by Gasteiger charge is -2.20. The van der Waals surface area contributed by atoms with E-state index in [1.54, 1.807) is 0 Å². The largest absolute Gasteiger partial charge is 0.306 e. The normalized spacial score (nSPS) is 12.0. The molecule has 1 nitrogen and oxygen atoms in total. The number of hydrogen-bond donors (Lipinski definition) is 1. The third-order valence-corrected chi connectivity index (χ3v) is 4.12. The highest BCUT2D eigenvalue weighted by molar-refractivity contribution is 5.28. The molecule has 3 aromatic carbocycles. The highest BCUT2D eigenvalue weighted by atomic mass is 14.9. The van der Waals surface area contributed by atoms with Gasteiger partial charge in [-0.2, -0.15) is 0 Å². The summed E-state index contributed by atoms with van der Waals surface area (Å²) < 4.78 is 0. The van der Waals surface area contributed by atoms with Gasteiger partial charge in [0.25, 0.3) is 0 Å². The average Bonchev–Trinajstić information content (AvgIpc) is 2.60. The molecule has 0 amide bonds. The van der Waals surface area contributed by atoms with Gasteiger partial charge in [0.15, 0.2) is 0 Å². The van der Waals surface area contributed by atoms with Crippen LogP contribution < -0.4 is 5.32 Å². The molecule has 116 valence electrons. The van der Waals surface area contributed by atoms with Gasteiger partial charge in [-0.1, -0.05) is 90.5 Å². The Kier molecular flexibility index (Phi) is 5.23. The summed E-state index contributed by atoms with van der Waals surface area (Å²) in [6.07, 6.45) is 0.997. The minimum absolute atomic E-state index is 0.317. The number of benzene rings is 3. The van der Waals surface area contributed by atoms with Crippen molar-refractivity contribution in [1.82, 2.24) is 5.32 Å². The molecule has 1 heteroatoms. The van der Waals surface area contributed by atoms with Gasteiger partial charge < -0.3 is 5.32 Å². The van der Waals surface area contributed by atoms with Crippen LogP contribution in [0.25, 0.3) is 0 Å². The lowest BCUT2D eigenvalue weighted by atomic mass is 9.97. The summed E-state index contributed by atoms with van der Waals surface area (Å²) in [5.74, 6) is 0. The van der Waals surface area contributed by atoms with Crippen LogP contribution in [0.5, 0.6) is 0 Å². The SMILES string of the molecule is Cc1cccc(C(Cc2ccccc2)NCc2ccccc2)c1. The van der Waals surface area contributed by atoms with Gasteiger partial charge in [-0.25, -0.2) is 0 Å². The number of aryl methyl sites for hydroxylation is 1. The summed E-state index contributed by atoms with van der Waals surface area (Å²) in [5.41, 5.74) is 5.34. The van der Waals surface area contributed by atoms with E-state index in [-0.39, 0.29) is 0 Å². The van der Waals surface area contributed by atoms with Gasteiger partial charge in [0.1, 0.15) is 0 Å². The van der Waals surface area contributed by atoms with Gasteiger partial charge >= 0.3 is 0 Å². The molecule has 23 heavy (non-hydrogen) atoms. The van der Waals surface area contributed by atoms with E-state index in [2.05, 4.69) is 97.2 Å². The minimum Gasteiger partial charge on any atom is -0.306 e. The Morgan fingerprint density at radius 2 is 1.39 bits per heavy atom. The van der Waals surface area contributed by atoms with E-state index in [9.17, 15) is 0 Å². The van der Waals surface area contributed by atoms with Gasteiger partial charge in [-0.05, 0) is 30.0 Å². The zero-order chi connectivity index (χ0) is 15.9.